The van der Waals surface area contributed by atoms with Crippen LogP contribution in [0.4, 0.5) is 0 Å². The number of hydrogen-bond donors (Lipinski definition) is 0. The summed E-state index contributed by atoms with van der Waals surface area (Å²) in [6, 6.07) is 102. The van der Waals surface area contributed by atoms with Gasteiger partial charge in [0.05, 0.1) is 55.7 Å². The van der Waals surface area contributed by atoms with Crippen molar-refractivity contribution in [3.8, 4) is 45.4 Å². The Morgan fingerprint density at radius 3 is 0.953 bits per heavy atom. The summed E-state index contributed by atoms with van der Waals surface area (Å²) in [5, 5.41) is 31.8. The zero-order chi connectivity index (χ0) is 55.6. The number of benzene rings is 14. The Labute approximate surface area is 494 Å². The summed E-state index contributed by atoms with van der Waals surface area (Å²) < 4.78 is 12.4. The van der Waals surface area contributed by atoms with Crippen LogP contribution in [-0.2, 0) is 0 Å². The molecule has 0 bridgehead atoms. The molecule has 392 valence electrons. The summed E-state index contributed by atoms with van der Waals surface area (Å²) in [6.45, 7) is 0. The number of rotatable bonds is 5. The highest BCUT2D eigenvalue weighted by Crippen LogP contribution is 2.56. The van der Waals surface area contributed by atoms with Gasteiger partial charge in [-0.1, -0.05) is 206 Å². The number of aromatic nitrogens is 3. The SMILES string of the molecule is N#Cc1c(-c2cccc3sc4ccccc4c23)c(-n2c3ccccc3c3c4ccccc4ccc32)c(-n2c3ccccc3c3c4ccccc4ccc32)c(-n2c3ccccc3c3c4ccccc4ccc32)c1-c1cccc2sc3ccccc3c12. The fraction of sp³-hybridized carbons (Fsp3) is 0. The fourth-order valence-electron chi connectivity index (χ4n) is 14.9. The Bertz CT molecular complexity index is 5900. The quantitative estimate of drug-likeness (QED) is 0.169. The summed E-state index contributed by atoms with van der Waals surface area (Å²) in [7, 11) is 0. The first-order chi connectivity index (χ1) is 42.2. The van der Waals surface area contributed by atoms with E-state index in [1.54, 1.807) is 0 Å². The van der Waals surface area contributed by atoms with Gasteiger partial charge in [0.25, 0.3) is 0 Å². The van der Waals surface area contributed by atoms with Crippen molar-refractivity contribution >= 4 is 161 Å². The molecule has 5 aromatic heterocycles. The number of fused-ring (bicyclic) bond motifs is 21. The molecule has 0 aliphatic rings. The molecule has 0 spiro atoms. The third-order valence-electron chi connectivity index (χ3n) is 18.2. The van der Waals surface area contributed by atoms with E-state index in [2.05, 4.69) is 287 Å². The number of nitrogens with zero attached hydrogens (tertiary/aromatic N) is 4. The second-order valence-corrected chi connectivity index (χ2v) is 24.6. The van der Waals surface area contributed by atoms with Gasteiger partial charge in [-0.3, -0.25) is 0 Å². The van der Waals surface area contributed by atoms with Gasteiger partial charge in [0.15, 0.2) is 0 Å². The minimum atomic E-state index is 0.601. The Balaban J connectivity index is 1.18. The van der Waals surface area contributed by atoms with Crippen LogP contribution < -0.4 is 0 Å². The zero-order valence-electron chi connectivity index (χ0n) is 45.5. The molecule has 4 nitrogen and oxygen atoms in total. The van der Waals surface area contributed by atoms with Gasteiger partial charge in [0, 0.05) is 83.8 Å². The molecule has 14 aromatic carbocycles. The molecule has 5 heterocycles. The molecule has 85 heavy (non-hydrogen) atoms. The monoisotopic (exact) mass is 1110 g/mol. The molecule has 0 amide bonds. The molecule has 0 aliphatic heterocycles. The maximum Gasteiger partial charge on any atom is 0.101 e. The van der Waals surface area contributed by atoms with Crippen LogP contribution in [0.2, 0.25) is 0 Å². The van der Waals surface area contributed by atoms with Crippen LogP contribution >= 0.6 is 22.7 Å². The summed E-state index contributed by atoms with van der Waals surface area (Å²) >= 11 is 3.63. The van der Waals surface area contributed by atoms with Crippen LogP contribution in [0, 0.1) is 11.3 Å². The minimum absolute atomic E-state index is 0.601. The minimum Gasteiger partial charge on any atom is -0.306 e. The molecule has 19 aromatic rings. The van der Waals surface area contributed by atoms with Crippen molar-refractivity contribution in [3.05, 3.63) is 272 Å². The molecular weight excluding hydrogens is 1070 g/mol. The van der Waals surface area contributed by atoms with Crippen LogP contribution in [0.1, 0.15) is 5.56 Å². The van der Waals surface area contributed by atoms with E-state index in [4.69, 9.17) is 0 Å². The van der Waals surface area contributed by atoms with Crippen molar-refractivity contribution in [2.24, 2.45) is 0 Å². The van der Waals surface area contributed by atoms with E-state index < -0.39 is 0 Å². The van der Waals surface area contributed by atoms with E-state index >= 15 is 0 Å². The van der Waals surface area contributed by atoms with Crippen molar-refractivity contribution in [1.82, 2.24) is 13.7 Å². The molecule has 0 aliphatic carbocycles. The van der Waals surface area contributed by atoms with Gasteiger partial charge >= 0.3 is 0 Å². The predicted octanol–water partition coefficient (Wildman–Crippen LogP) is 22.4. The summed E-state index contributed by atoms with van der Waals surface area (Å²) in [4.78, 5) is 0. The van der Waals surface area contributed by atoms with Crippen molar-refractivity contribution in [2.45, 2.75) is 0 Å². The van der Waals surface area contributed by atoms with Crippen LogP contribution in [0.25, 0.3) is 177 Å². The van der Waals surface area contributed by atoms with Gasteiger partial charge in [0.2, 0.25) is 0 Å². The lowest BCUT2D eigenvalue weighted by Gasteiger charge is -2.29. The van der Waals surface area contributed by atoms with E-state index in [0.717, 1.165) is 120 Å². The van der Waals surface area contributed by atoms with E-state index in [1.807, 2.05) is 22.7 Å². The van der Waals surface area contributed by atoms with Crippen LogP contribution in [-0.4, -0.2) is 13.7 Å². The van der Waals surface area contributed by atoms with Crippen molar-refractivity contribution < 1.29 is 0 Å². The maximum atomic E-state index is 13.2. The van der Waals surface area contributed by atoms with Gasteiger partial charge in [-0.05, 0) is 104 Å². The van der Waals surface area contributed by atoms with E-state index in [1.165, 1.54) is 57.9 Å². The number of thiophene rings is 2. The lowest BCUT2D eigenvalue weighted by Crippen LogP contribution is -2.14. The van der Waals surface area contributed by atoms with Gasteiger partial charge in [-0.25, -0.2) is 0 Å². The highest BCUT2D eigenvalue weighted by Gasteiger charge is 2.36. The average Bonchev–Trinajstić information content (AvgIpc) is 1.66. The molecular formula is C79H44N4S2. The zero-order valence-corrected chi connectivity index (χ0v) is 47.1. The average molecular weight is 1110 g/mol. The molecule has 0 saturated heterocycles. The topological polar surface area (TPSA) is 38.6 Å². The normalized spacial score (nSPS) is 12.2. The molecule has 0 atom stereocenters. The first-order valence-corrected chi connectivity index (χ1v) is 30.5. The Morgan fingerprint density at radius 1 is 0.247 bits per heavy atom. The molecule has 19 rings (SSSR count). The summed E-state index contributed by atoms with van der Waals surface area (Å²) in [5.41, 5.74) is 13.5. The molecule has 0 radical (unpaired) electrons. The lowest BCUT2D eigenvalue weighted by atomic mass is 9.85. The van der Waals surface area contributed by atoms with Gasteiger partial charge in [-0.2, -0.15) is 5.26 Å². The third-order valence-corrected chi connectivity index (χ3v) is 20.5. The smallest absolute Gasteiger partial charge is 0.101 e. The first kappa shape index (κ1) is 46.8. The first-order valence-electron chi connectivity index (χ1n) is 28.9. The van der Waals surface area contributed by atoms with Gasteiger partial charge < -0.3 is 13.7 Å². The van der Waals surface area contributed by atoms with E-state index in [9.17, 15) is 5.26 Å². The van der Waals surface area contributed by atoms with Crippen molar-refractivity contribution in [1.29, 1.82) is 5.26 Å². The second kappa shape index (κ2) is 17.6. The molecule has 0 unspecified atom stereocenters. The fourth-order valence-corrected chi connectivity index (χ4v) is 17.2. The molecule has 6 heteroatoms. The standard InChI is InChI=1S/C79H44N4S2/c80-45-59-75(57-30-17-37-68-73(57)55-28-10-15-35-66(55)84-68)77(81-60-32-12-7-25-52(60)70-49-22-4-1-19-46(49)39-42-63(70)81)79(83-62-34-14-9-27-54(62)72-51-24-6-3-21-48(51)41-44-65(72)83)78(76(59)58-31-18-38-69-74(58)56-29-11-16-36-67(56)85-69)82-61-33-13-8-26-53(61)71-50-23-5-2-20-47(50)40-43-64(71)82/h1-44H. The van der Waals surface area contributed by atoms with E-state index in [0.29, 0.717) is 5.56 Å². The van der Waals surface area contributed by atoms with Crippen LogP contribution in [0.15, 0.2) is 267 Å². The van der Waals surface area contributed by atoms with E-state index in [-0.39, 0.29) is 0 Å². The lowest BCUT2D eigenvalue weighted by molar-refractivity contribution is 1.05. The Hall–Kier alpha value is -10.8. The molecule has 0 fully saturated rings. The van der Waals surface area contributed by atoms with Crippen LogP contribution in [0.3, 0.4) is 0 Å². The number of hydrogen-bond acceptors (Lipinski definition) is 3. The number of para-hydroxylation sites is 3. The molecule has 0 saturated carbocycles. The molecule has 0 N–H and O–H groups in total. The largest absolute Gasteiger partial charge is 0.306 e. The van der Waals surface area contributed by atoms with Crippen LogP contribution in [0.5, 0.6) is 0 Å². The summed E-state index contributed by atoms with van der Waals surface area (Å²) in [6.07, 6.45) is 0. The third kappa shape index (κ3) is 6.32. The second-order valence-electron chi connectivity index (χ2n) is 22.4. The Morgan fingerprint density at radius 2 is 0.565 bits per heavy atom. The van der Waals surface area contributed by atoms with Crippen molar-refractivity contribution in [2.75, 3.05) is 0 Å². The van der Waals surface area contributed by atoms with Gasteiger partial charge in [-0.15, -0.1) is 22.7 Å². The highest BCUT2D eigenvalue weighted by molar-refractivity contribution is 7.26. The van der Waals surface area contributed by atoms with Gasteiger partial charge in [0.1, 0.15) is 6.07 Å². The maximum absolute atomic E-state index is 13.2. The number of nitriles is 1. The summed E-state index contributed by atoms with van der Waals surface area (Å²) in [5.74, 6) is 0. The highest BCUT2D eigenvalue weighted by atomic mass is 32.1. The van der Waals surface area contributed by atoms with Crippen molar-refractivity contribution in [3.63, 3.8) is 0 Å². The predicted molar refractivity (Wildman–Crippen MR) is 363 cm³/mol. The Kier molecular flexibility index (Phi) is 9.69.